The smallest absolute Gasteiger partial charge is 0.128 e. The maximum absolute atomic E-state index is 5.26. The Morgan fingerprint density at radius 3 is 2.76 bits per heavy atom. The van der Waals surface area contributed by atoms with E-state index in [0.29, 0.717) is 0 Å². The minimum atomic E-state index is 0.800. The molecular formula is C17H23N3O. The minimum Gasteiger partial charge on any atom is -0.497 e. The van der Waals surface area contributed by atoms with Crippen molar-refractivity contribution in [1.82, 2.24) is 10.3 Å². The molecule has 1 N–H and O–H groups in total. The maximum atomic E-state index is 5.26. The highest BCUT2D eigenvalue weighted by Gasteiger charge is 2.05. The van der Waals surface area contributed by atoms with Crippen LogP contribution in [0, 0.1) is 0 Å². The summed E-state index contributed by atoms with van der Waals surface area (Å²) in [6.45, 7) is 4.65. The van der Waals surface area contributed by atoms with E-state index < -0.39 is 0 Å². The molecule has 0 radical (unpaired) electrons. The van der Waals surface area contributed by atoms with Crippen LogP contribution in [0.2, 0.25) is 0 Å². The van der Waals surface area contributed by atoms with Crippen molar-refractivity contribution >= 4 is 5.82 Å². The van der Waals surface area contributed by atoms with Crippen LogP contribution in [0.4, 0.5) is 5.82 Å². The first-order chi connectivity index (χ1) is 10.2. The second-order valence-electron chi connectivity index (χ2n) is 4.98. The van der Waals surface area contributed by atoms with Crippen LogP contribution in [-0.2, 0) is 13.1 Å². The average Bonchev–Trinajstić information content (AvgIpc) is 2.53. The summed E-state index contributed by atoms with van der Waals surface area (Å²) in [5.74, 6) is 1.86. The van der Waals surface area contributed by atoms with Crippen molar-refractivity contribution in [3.63, 3.8) is 0 Å². The third-order valence-corrected chi connectivity index (χ3v) is 3.29. The normalized spacial score (nSPS) is 10.4. The molecule has 2 aromatic rings. The Kier molecular flexibility index (Phi) is 5.58. The van der Waals surface area contributed by atoms with E-state index in [9.17, 15) is 0 Å². The fourth-order valence-electron chi connectivity index (χ4n) is 2.16. The zero-order valence-corrected chi connectivity index (χ0v) is 13.0. The average molecular weight is 285 g/mol. The molecule has 4 nitrogen and oxygen atoms in total. The molecule has 1 aromatic carbocycles. The lowest BCUT2D eigenvalue weighted by molar-refractivity contribution is 0.414. The molecule has 112 valence electrons. The van der Waals surface area contributed by atoms with Gasteiger partial charge in [0.05, 0.1) is 12.8 Å². The first-order valence-electron chi connectivity index (χ1n) is 7.23. The van der Waals surface area contributed by atoms with Gasteiger partial charge in [-0.25, -0.2) is 4.98 Å². The van der Waals surface area contributed by atoms with E-state index in [1.807, 2.05) is 24.3 Å². The zero-order valence-electron chi connectivity index (χ0n) is 13.0. The molecule has 0 amide bonds. The summed E-state index contributed by atoms with van der Waals surface area (Å²) in [4.78, 5) is 6.82. The van der Waals surface area contributed by atoms with E-state index in [0.717, 1.165) is 36.9 Å². The van der Waals surface area contributed by atoms with Gasteiger partial charge in [-0.3, -0.25) is 0 Å². The van der Waals surface area contributed by atoms with E-state index >= 15 is 0 Å². The molecule has 0 atom stereocenters. The summed E-state index contributed by atoms with van der Waals surface area (Å²) in [5.41, 5.74) is 2.27. The Morgan fingerprint density at radius 1 is 1.19 bits per heavy atom. The van der Waals surface area contributed by atoms with Crippen LogP contribution in [0.1, 0.15) is 18.2 Å². The molecule has 21 heavy (non-hydrogen) atoms. The zero-order chi connectivity index (χ0) is 15.1. The monoisotopic (exact) mass is 285 g/mol. The lowest BCUT2D eigenvalue weighted by Crippen LogP contribution is -2.19. The molecule has 0 aliphatic rings. The first kappa shape index (κ1) is 15.3. The number of rotatable bonds is 7. The summed E-state index contributed by atoms with van der Waals surface area (Å²) < 4.78 is 5.26. The van der Waals surface area contributed by atoms with Crippen LogP contribution in [0.25, 0.3) is 0 Å². The van der Waals surface area contributed by atoms with Crippen molar-refractivity contribution in [2.24, 2.45) is 0 Å². The van der Waals surface area contributed by atoms with Gasteiger partial charge in [0, 0.05) is 20.1 Å². The van der Waals surface area contributed by atoms with Crippen LogP contribution >= 0.6 is 0 Å². The van der Waals surface area contributed by atoms with Gasteiger partial charge in [0.25, 0.3) is 0 Å². The minimum absolute atomic E-state index is 0.800. The number of hydrogen-bond acceptors (Lipinski definition) is 4. The standard InChI is InChI=1S/C17H23N3O/c1-4-18-12-15-8-6-10-17(19-15)20(2)13-14-7-5-9-16(11-14)21-3/h5-11,18H,4,12-13H2,1-3H3. The van der Waals surface area contributed by atoms with Crippen LogP contribution in [-0.4, -0.2) is 25.7 Å². The van der Waals surface area contributed by atoms with Gasteiger partial charge in [0.2, 0.25) is 0 Å². The summed E-state index contributed by atoms with van der Waals surface area (Å²) >= 11 is 0. The fourth-order valence-corrected chi connectivity index (χ4v) is 2.16. The third-order valence-electron chi connectivity index (χ3n) is 3.29. The third kappa shape index (κ3) is 4.46. The van der Waals surface area contributed by atoms with Crippen molar-refractivity contribution in [3.05, 3.63) is 53.7 Å². The van der Waals surface area contributed by atoms with Gasteiger partial charge in [-0.2, -0.15) is 0 Å². The van der Waals surface area contributed by atoms with Crippen molar-refractivity contribution in [2.75, 3.05) is 25.6 Å². The number of methoxy groups -OCH3 is 1. The highest BCUT2D eigenvalue weighted by molar-refractivity contribution is 5.40. The van der Waals surface area contributed by atoms with E-state index in [1.54, 1.807) is 7.11 Å². The number of aromatic nitrogens is 1. The van der Waals surface area contributed by atoms with E-state index in [1.165, 1.54) is 5.56 Å². The van der Waals surface area contributed by atoms with Crippen LogP contribution in [0.15, 0.2) is 42.5 Å². The van der Waals surface area contributed by atoms with Crippen molar-refractivity contribution < 1.29 is 4.74 Å². The van der Waals surface area contributed by atoms with Crippen LogP contribution in [0.3, 0.4) is 0 Å². The first-order valence-corrected chi connectivity index (χ1v) is 7.23. The fraction of sp³-hybridized carbons (Fsp3) is 0.353. The van der Waals surface area contributed by atoms with Gasteiger partial charge in [0.15, 0.2) is 0 Å². The van der Waals surface area contributed by atoms with E-state index in [4.69, 9.17) is 4.74 Å². The lowest BCUT2D eigenvalue weighted by Gasteiger charge is -2.19. The molecule has 2 rings (SSSR count). The molecule has 0 saturated heterocycles. The Labute approximate surface area is 126 Å². The molecule has 0 aliphatic carbocycles. The van der Waals surface area contributed by atoms with Gasteiger partial charge in [-0.15, -0.1) is 0 Å². The predicted octanol–water partition coefficient (Wildman–Crippen LogP) is 2.84. The topological polar surface area (TPSA) is 37.4 Å². The molecule has 0 saturated carbocycles. The second kappa shape index (κ2) is 7.64. The summed E-state index contributed by atoms with van der Waals surface area (Å²) in [6, 6.07) is 14.3. The molecule has 0 bridgehead atoms. The number of nitrogens with one attached hydrogen (secondary N) is 1. The number of hydrogen-bond donors (Lipinski definition) is 1. The van der Waals surface area contributed by atoms with E-state index in [-0.39, 0.29) is 0 Å². The number of pyridine rings is 1. The molecule has 1 heterocycles. The maximum Gasteiger partial charge on any atom is 0.128 e. The van der Waals surface area contributed by atoms with Gasteiger partial charge in [-0.1, -0.05) is 25.1 Å². The Hall–Kier alpha value is -2.07. The highest BCUT2D eigenvalue weighted by Crippen LogP contribution is 2.17. The molecule has 0 spiro atoms. The molecule has 0 fully saturated rings. The molecule has 1 aromatic heterocycles. The summed E-state index contributed by atoms with van der Waals surface area (Å²) in [6.07, 6.45) is 0. The molecule has 4 heteroatoms. The largest absolute Gasteiger partial charge is 0.497 e. The number of ether oxygens (including phenoxy) is 1. The Morgan fingerprint density at radius 2 is 2.00 bits per heavy atom. The number of nitrogens with zero attached hydrogens (tertiary/aromatic N) is 2. The van der Waals surface area contributed by atoms with Crippen molar-refractivity contribution in [1.29, 1.82) is 0 Å². The molecular weight excluding hydrogens is 262 g/mol. The number of benzene rings is 1. The second-order valence-corrected chi connectivity index (χ2v) is 4.98. The SMILES string of the molecule is CCNCc1cccc(N(C)Cc2cccc(OC)c2)n1. The summed E-state index contributed by atoms with van der Waals surface area (Å²) in [7, 11) is 3.74. The van der Waals surface area contributed by atoms with Gasteiger partial charge in [-0.05, 0) is 36.4 Å². The van der Waals surface area contributed by atoms with Crippen LogP contribution < -0.4 is 15.0 Å². The highest BCUT2D eigenvalue weighted by atomic mass is 16.5. The van der Waals surface area contributed by atoms with Gasteiger partial charge < -0.3 is 15.0 Å². The Balaban J connectivity index is 2.06. The quantitative estimate of drug-likeness (QED) is 0.849. The summed E-state index contributed by atoms with van der Waals surface area (Å²) in [5, 5.41) is 3.30. The number of anilines is 1. The predicted molar refractivity (Wildman–Crippen MR) is 86.7 cm³/mol. The van der Waals surface area contributed by atoms with Gasteiger partial charge in [0.1, 0.15) is 11.6 Å². The Bertz CT molecular complexity index is 571. The van der Waals surface area contributed by atoms with E-state index in [2.05, 4.69) is 47.4 Å². The molecule has 0 aliphatic heterocycles. The van der Waals surface area contributed by atoms with Crippen molar-refractivity contribution in [2.45, 2.75) is 20.0 Å². The van der Waals surface area contributed by atoms with Crippen molar-refractivity contribution in [3.8, 4) is 5.75 Å². The molecule has 0 unspecified atom stereocenters. The van der Waals surface area contributed by atoms with Gasteiger partial charge >= 0.3 is 0 Å². The lowest BCUT2D eigenvalue weighted by atomic mass is 10.2. The van der Waals surface area contributed by atoms with Crippen LogP contribution in [0.5, 0.6) is 5.75 Å².